The van der Waals surface area contributed by atoms with Crippen molar-refractivity contribution in [3.05, 3.63) is 35.2 Å². The maximum Gasteiger partial charge on any atom is 0.232 e. The first-order chi connectivity index (χ1) is 8.74. The van der Waals surface area contributed by atoms with Gasteiger partial charge < -0.3 is 4.52 Å². The summed E-state index contributed by atoms with van der Waals surface area (Å²) in [6.07, 6.45) is 6.00. The molecule has 18 heavy (non-hydrogen) atoms. The van der Waals surface area contributed by atoms with E-state index in [-0.39, 0.29) is 5.41 Å². The fourth-order valence-corrected chi connectivity index (χ4v) is 2.70. The summed E-state index contributed by atoms with van der Waals surface area (Å²) in [5, 5.41) is 4.13. The lowest BCUT2D eigenvalue weighted by Gasteiger charge is -2.01. The van der Waals surface area contributed by atoms with Crippen LogP contribution in [0.1, 0.15) is 43.2 Å². The molecule has 1 aromatic heterocycles. The molecule has 0 N–H and O–H groups in total. The molecule has 1 saturated carbocycles. The first kappa shape index (κ1) is 10.3. The summed E-state index contributed by atoms with van der Waals surface area (Å²) < 4.78 is 5.40. The lowest BCUT2D eigenvalue weighted by atomic mass is 10.1. The first-order valence-corrected chi connectivity index (χ1v) is 6.71. The molecule has 4 rings (SSSR count). The van der Waals surface area contributed by atoms with Crippen LogP contribution in [0, 0.1) is 0 Å². The number of nitrogens with zero attached hydrogens (tertiary/aromatic N) is 2. The Morgan fingerprint density at radius 3 is 2.83 bits per heavy atom. The number of benzene rings is 1. The summed E-state index contributed by atoms with van der Waals surface area (Å²) in [5.41, 5.74) is 4.19. The minimum Gasteiger partial charge on any atom is -0.338 e. The summed E-state index contributed by atoms with van der Waals surface area (Å²) >= 11 is 0. The second kappa shape index (κ2) is 3.44. The highest BCUT2D eigenvalue weighted by molar-refractivity contribution is 5.57. The summed E-state index contributed by atoms with van der Waals surface area (Å²) in [6, 6.07) is 6.56. The van der Waals surface area contributed by atoms with Crippen LogP contribution in [0.15, 0.2) is 22.7 Å². The van der Waals surface area contributed by atoms with E-state index >= 15 is 0 Å². The topological polar surface area (TPSA) is 38.9 Å². The minimum absolute atomic E-state index is 0.155. The van der Waals surface area contributed by atoms with E-state index in [9.17, 15) is 0 Å². The zero-order valence-corrected chi connectivity index (χ0v) is 10.6. The Kier molecular flexibility index (Phi) is 1.97. The van der Waals surface area contributed by atoms with Gasteiger partial charge in [0.1, 0.15) is 0 Å². The van der Waals surface area contributed by atoms with Gasteiger partial charge in [0.05, 0.1) is 0 Å². The van der Waals surface area contributed by atoms with Gasteiger partial charge in [0.15, 0.2) is 0 Å². The molecule has 0 aliphatic heterocycles. The molecular formula is C15H16N2O. The molecule has 3 heteroatoms. The van der Waals surface area contributed by atoms with Crippen molar-refractivity contribution in [3.63, 3.8) is 0 Å². The quantitative estimate of drug-likeness (QED) is 0.808. The molecule has 0 amide bonds. The van der Waals surface area contributed by atoms with Gasteiger partial charge in [0.2, 0.25) is 11.7 Å². The van der Waals surface area contributed by atoms with Crippen molar-refractivity contribution < 1.29 is 4.52 Å². The lowest BCUT2D eigenvalue weighted by molar-refractivity contribution is 0.353. The van der Waals surface area contributed by atoms with E-state index in [4.69, 9.17) is 4.52 Å². The molecule has 1 fully saturated rings. The van der Waals surface area contributed by atoms with Crippen molar-refractivity contribution in [3.8, 4) is 11.4 Å². The summed E-state index contributed by atoms with van der Waals surface area (Å²) in [6.45, 7) is 2.19. The van der Waals surface area contributed by atoms with Crippen LogP contribution in [-0.4, -0.2) is 10.1 Å². The Balaban J connectivity index is 1.72. The van der Waals surface area contributed by atoms with E-state index in [0.29, 0.717) is 0 Å². The van der Waals surface area contributed by atoms with Gasteiger partial charge in [-0.1, -0.05) is 24.2 Å². The highest BCUT2D eigenvalue weighted by atomic mass is 16.5. The van der Waals surface area contributed by atoms with Crippen molar-refractivity contribution in [2.45, 2.75) is 44.4 Å². The molecule has 1 aromatic carbocycles. The van der Waals surface area contributed by atoms with Crippen LogP contribution in [0.4, 0.5) is 0 Å². The molecule has 2 aliphatic rings. The van der Waals surface area contributed by atoms with Crippen molar-refractivity contribution >= 4 is 0 Å². The van der Waals surface area contributed by atoms with Gasteiger partial charge in [-0.3, -0.25) is 0 Å². The van der Waals surface area contributed by atoms with Crippen molar-refractivity contribution in [1.29, 1.82) is 0 Å². The monoisotopic (exact) mass is 240 g/mol. The fraction of sp³-hybridized carbons (Fsp3) is 0.467. The second-order valence-electron chi connectivity index (χ2n) is 5.82. The third kappa shape index (κ3) is 1.50. The Morgan fingerprint density at radius 2 is 2.00 bits per heavy atom. The third-order valence-electron chi connectivity index (χ3n) is 4.30. The second-order valence-corrected chi connectivity index (χ2v) is 5.82. The Bertz CT molecular complexity index is 611. The molecular weight excluding hydrogens is 224 g/mol. The molecule has 0 radical (unpaired) electrons. The van der Waals surface area contributed by atoms with Crippen molar-refractivity contribution in [2.24, 2.45) is 0 Å². The van der Waals surface area contributed by atoms with E-state index in [1.54, 1.807) is 0 Å². The van der Waals surface area contributed by atoms with Crippen LogP contribution < -0.4 is 0 Å². The van der Waals surface area contributed by atoms with E-state index in [2.05, 4.69) is 35.3 Å². The maximum absolute atomic E-state index is 5.40. The van der Waals surface area contributed by atoms with Crippen molar-refractivity contribution in [1.82, 2.24) is 10.1 Å². The van der Waals surface area contributed by atoms with Crippen LogP contribution >= 0.6 is 0 Å². The number of fused-ring (bicyclic) bond motifs is 1. The van der Waals surface area contributed by atoms with Gasteiger partial charge in [-0.25, -0.2) is 0 Å². The number of hydrogen-bond donors (Lipinski definition) is 0. The normalized spacial score (nSPS) is 19.8. The maximum atomic E-state index is 5.40. The van der Waals surface area contributed by atoms with Crippen LogP contribution in [-0.2, 0) is 18.3 Å². The molecule has 2 aromatic rings. The van der Waals surface area contributed by atoms with Crippen LogP contribution in [0.3, 0.4) is 0 Å². The minimum atomic E-state index is 0.155. The number of hydrogen-bond acceptors (Lipinski definition) is 3. The van der Waals surface area contributed by atoms with Crippen molar-refractivity contribution in [2.75, 3.05) is 0 Å². The molecule has 0 saturated heterocycles. The van der Waals surface area contributed by atoms with Gasteiger partial charge in [0.25, 0.3) is 0 Å². The predicted octanol–water partition coefficient (Wildman–Crippen LogP) is 3.28. The Labute approximate surface area is 106 Å². The van der Waals surface area contributed by atoms with Crippen LogP contribution in [0.2, 0.25) is 0 Å². The summed E-state index contributed by atoms with van der Waals surface area (Å²) in [7, 11) is 0. The molecule has 0 spiro atoms. The molecule has 92 valence electrons. The third-order valence-corrected chi connectivity index (χ3v) is 4.30. The molecule has 0 bridgehead atoms. The highest BCUT2D eigenvalue weighted by Crippen LogP contribution is 2.47. The van der Waals surface area contributed by atoms with Gasteiger partial charge in [-0.2, -0.15) is 4.98 Å². The largest absolute Gasteiger partial charge is 0.338 e. The van der Waals surface area contributed by atoms with Crippen LogP contribution in [0.25, 0.3) is 11.4 Å². The summed E-state index contributed by atoms with van der Waals surface area (Å²) in [4.78, 5) is 4.56. The van der Waals surface area contributed by atoms with Gasteiger partial charge in [-0.15, -0.1) is 0 Å². The fourth-order valence-electron chi connectivity index (χ4n) is 2.70. The lowest BCUT2D eigenvalue weighted by Crippen LogP contribution is -1.99. The first-order valence-electron chi connectivity index (χ1n) is 6.71. The standard InChI is InChI=1S/C15H16N2O/c1-15(7-8-15)14-16-13(17-18-14)12-6-5-10-3-2-4-11(10)9-12/h5-6,9H,2-4,7-8H2,1H3. The Hall–Kier alpha value is -1.64. The molecule has 2 aliphatic carbocycles. The molecule has 1 heterocycles. The molecule has 3 nitrogen and oxygen atoms in total. The van der Waals surface area contributed by atoms with E-state index < -0.39 is 0 Å². The molecule has 0 unspecified atom stereocenters. The predicted molar refractivity (Wildman–Crippen MR) is 68.3 cm³/mol. The highest BCUT2D eigenvalue weighted by Gasteiger charge is 2.44. The molecule has 0 atom stereocenters. The van der Waals surface area contributed by atoms with E-state index in [0.717, 1.165) is 17.3 Å². The zero-order valence-electron chi connectivity index (χ0n) is 10.6. The SMILES string of the molecule is CC1(c2nc(-c3ccc4c(c3)CCC4)no2)CC1. The number of aryl methyl sites for hydroxylation is 2. The average Bonchev–Trinajstić information content (AvgIpc) is 2.89. The zero-order chi connectivity index (χ0) is 12.2. The smallest absolute Gasteiger partial charge is 0.232 e. The Morgan fingerprint density at radius 1 is 1.17 bits per heavy atom. The van der Waals surface area contributed by atoms with Gasteiger partial charge >= 0.3 is 0 Å². The number of rotatable bonds is 2. The van der Waals surface area contributed by atoms with Crippen LogP contribution in [0.5, 0.6) is 0 Å². The van der Waals surface area contributed by atoms with E-state index in [1.165, 1.54) is 43.2 Å². The van der Waals surface area contributed by atoms with Gasteiger partial charge in [0, 0.05) is 11.0 Å². The summed E-state index contributed by atoms with van der Waals surface area (Å²) in [5.74, 6) is 1.55. The number of aromatic nitrogens is 2. The van der Waals surface area contributed by atoms with Gasteiger partial charge in [-0.05, 0) is 49.3 Å². The van der Waals surface area contributed by atoms with E-state index in [1.807, 2.05) is 0 Å². The average molecular weight is 240 g/mol.